The van der Waals surface area contributed by atoms with Crippen LogP contribution >= 0.6 is 0 Å². The van der Waals surface area contributed by atoms with Crippen LogP contribution < -0.4 is 10.6 Å². The Labute approximate surface area is 96.9 Å². The van der Waals surface area contributed by atoms with E-state index in [1.54, 1.807) is 0 Å². The van der Waals surface area contributed by atoms with Crippen LogP contribution in [0.15, 0.2) is 4.99 Å². The standard InChI is InChI=1S/C12H21N3O/c1-3-8-13-11-14-10(16)12(15-11)6-4-9(2)5-7-12/h9H,3-8H2,1-2H3,(H2,13,14,15,16). The van der Waals surface area contributed by atoms with Crippen LogP contribution in [0, 0.1) is 5.92 Å². The van der Waals surface area contributed by atoms with Crippen LogP contribution in [-0.2, 0) is 4.79 Å². The van der Waals surface area contributed by atoms with Gasteiger partial charge in [-0.3, -0.25) is 15.1 Å². The second kappa shape index (κ2) is 4.44. The number of nitrogens with one attached hydrogen (secondary N) is 2. The number of hydrogen-bond donors (Lipinski definition) is 2. The summed E-state index contributed by atoms with van der Waals surface area (Å²) < 4.78 is 0. The van der Waals surface area contributed by atoms with Crippen LogP contribution in [0.3, 0.4) is 0 Å². The molecule has 2 rings (SSSR count). The molecule has 1 saturated heterocycles. The largest absolute Gasteiger partial charge is 0.342 e. The zero-order valence-corrected chi connectivity index (χ0v) is 10.2. The van der Waals surface area contributed by atoms with E-state index in [1.807, 2.05) is 0 Å². The molecule has 0 bridgehead atoms. The fourth-order valence-electron chi connectivity index (χ4n) is 2.45. The summed E-state index contributed by atoms with van der Waals surface area (Å²) in [5, 5.41) is 6.16. The third-order valence-corrected chi connectivity index (χ3v) is 3.65. The summed E-state index contributed by atoms with van der Waals surface area (Å²) in [5.74, 6) is 1.55. The molecule has 1 aliphatic heterocycles. The predicted molar refractivity (Wildman–Crippen MR) is 64.2 cm³/mol. The lowest BCUT2D eigenvalue weighted by atomic mass is 9.77. The van der Waals surface area contributed by atoms with Crippen LogP contribution in [-0.4, -0.2) is 24.0 Å². The quantitative estimate of drug-likeness (QED) is 0.744. The molecule has 1 amide bonds. The highest BCUT2D eigenvalue weighted by atomic mass is 16.2. The van der Waals surface area contributed by atoms with Gasteiger partial charge in [-0.2, -0.15) is 0 Å². The van der Waals surface area contributed by atoms with Crippen LogP contribution in [0.1, 0.15) is 46.0 Å². The summed E-state index contributed by atoms with van der Waals surface area (Å²) in [6.07, 6.45) is 5.13. The Morgan fingerprint density at radius 1 is 1.44 bits per heavy atom. The summed E-state index contributed by atoms with van der Waals surface area (Å²) in [6.45, 7) is 5.11. The van der Waals surface area contributed by atoms with E-state index in [4.69, 9.17) is 0 Å². The molecule has 2 aliphatic rings. The highest BCUT2D eigenvalue weighted by Gasteiger charge is 2.46. The molecule has 0 aromatic carbocycles. The molecule has 0 aromatic rings. The van der Waals surface area contributed by atoms with E-state index in [9.17, 15) is 4.79 Å². The molecule has 1 heterocycles. The number of amides is 1. The molecule has 90 valence electrons. The Balaban J connectivity index is 2.04. The monoisotopic (exact) mass is 223 g/mol. The minimum atomic E-state index is -0.348. The van der Waals surface area contributed by atoms with Gasteiger partial charge in [0.05, 0.1) is 0 Å². The molecule has 2 N–H and O–H groups in total. The number of guanidine groups is 1. The van der Waals surface area contributed by atoms with Crippen LogP contribution in [0.5, 0.6) is 0 Å². The maximum atomic E-state index is 12.0. The molecule has 0 aromatic heterocycles. The van der Waals surface area contributed by atoms with Crippen molar-refractivity contribution in [2.75, 3.05) is 6.54 Å². The highest BCUT2D eigenvalue weighted by Crippen LogP contribution is 2.33. The lowest BCUT2D eigenvalue weighted by Crippen LogP contribution is -2.49. The summed E-state index contributed by atoms with van der Waals surface area (Å²) in [6, 6.07) is 0. The van der Waals surface area contributed by atoms with Gasteiger partial charge in [0, 0.05) is 6.54 Å². The maximum absolute atomic E-state index is 12.0. The van der Waals surface area contributed by atoms with E-state index < -0.39 is 0 Å². The maximum Gasteiger partial charge on any atom is 0.252 e. The smallest absolute Gasteiger partial charge is 0.252 e. The molecule has 0 atom stereocenters. The normalized spacial score (nSPS) is 36.5. The predicted octanol–water partition coefficient (Wildman–Crippen LogP) is 1.42. The second-order valence-corrected chi connectivity index (χ2v) is 5.07. The van der Waals surface area contributed by atoms with Crippen molar-refractivity contribution < 1.29 is 4.79 Å². The molecule has 0 radical (unpaired) electrons. The first kappa shape index (κ1) is 11.4. The number of hydrogen-bond acceptors (Lipinski definition) is 2. The molecule has 0 unspecified atom stereocenters. The van der Waals surface area contributed by atoms with Crippen molar-refractivity contribution in [1.82, 2.24) is 10.6 Å². The van der Waals surface area contributed by atoms with E-state index in [1.165, 1.54) is 0 Å². The minimum absolute atomic E-state index is 0.120. The number of carbonyl (C=O) groups is 1. The zero-order valence-electron chi connectivity index (χ0n) is 10.2. The summed E-state index contributed by atoms with van der Waals surface area (Å²) >= 11 is 0. The Hall–Kier alpha value is -1.06. The SMILES string of the molecule is CCCN=C1NC(=O)C2(CCC(C)CC2)N1. The van der Waals surface area contributed by atoms with E-state index >= 15 is 0 Å². The fraction of sp³-hybridized carbons (Fsp3) is 0.833. The molecule has 1 spiro atoms. The van der Waals surface area contributed by atoms with Gasteiger partial charge in [0.15, 0.2) is 5.96 Å². The van der Waals surface area contributed by atoms with Crippen molar-refractivity contribution in [3.8, 4) is 0 Å². The first-order valence-corrected chi connectivity index (χ1v) is 6.30. The number of carbonyl (C=O) groups excluding carboxylic acids is 1. The number of nitrogens with zero attached hydrogens (tertiary/aromatic N) is 1. The van der Waals surface area contributed by atoms with Crippen molar-refractivity contribution in [2.24, 2.45) is 10.9 Å². The first-order chi connectivity index (χ1) is 7.66. The van der Waals surface area contributed by atoms with Gasteiger partial charge < -0.3 is 5.32 Å². The Morgan fingerprint density at radius 2 is 2.12 bits per heavy atom. The van der Waals surface area contributed by atoms with E-state index in [0.29, 0.717) is 5.96 Å². The average Bonchev–Trinajstić information content (AvgIpc) is 2.58. The van der Waals surface area contributed by atoms with Gasteiger partial charge in [-0.25, -0.2) is 0 Å². The molecule has 1 saturated carbocycles. The van der Waals surface area contributed by atoms with Crippen LogP contribution in [0.4, 0.5) is 0 Å². The van der Waals surface area contributed by atoms with Crippen molar-refractivity contribution in [3.63, 3.8) is 0 Å². The third kappa shape index (κ3) is 2.06. The van der Waals surface area contributed by atoms with Crippen LogP contribution in [0.25, 0.3) is 0 Å². The third-order valence-electron chi connectivity index (χ3n) is 3.65. The Bertz CT molecular complexity index is 303. The summed E-state index contributed by atoms with van der Waals surface area (Å²) in [5.41, 5.74) is -0.348. The lowest BCUT2D eigenvalue weighted by molar-refractivity contribution is -0.125. The molecule has 4 heteroatoms. The molecule has 16 heavy (non-hydrogen) atoms. The van der Waals surface area contributed by atoms with Gasteiger partial charge in [-0.1, -0.05) is 13.8 Å². The van der Waals surface area contributed by atoms with E-state index in [2.05, 4.69) is 29.5 Å². The highest BCUT2D eigenvalue weighted by molar-refractivity contribution is 6.09. The fourth-order valence-corrected chi connectivity index (χ4v) is 2.45. The molecular formula is C12H21N3O. The van der Waals surface area contributed by atoms with Crippen LogP contribution in [0.2, 0.25) is 0 Å². The van der Waals surface area contributed by atoms with Gasteiger partial charge in [-0.15, -0.1) is 0 Å². The molecule has 4 nitrogen and oxygen atoms in total. The van der Waals surface area contributed by atoms with Gasteiger partial charge in [-0.05, 0) is 38.0 Å². The van der Waals surface area contributed by atoms with E-state index in [0.717, 1.165) is 44.6 Å². The number of aliphatic imine (C=N–C) groups is 1. The van der Waals surface area contributed by atoms with Crippen molar-refractivity contribution >= 4 is 11.9 Å². The zero-order chi connectivity index (χ0) is 11.6. The van der Waals surface area contributed by atoms with Gasteiger partial charge in [0.1, 0.15) is 5.54 Å². The Morgan fingerprint density at radius 3 is 2.75 bits per heavy atom. The van der Waals surface area contributed by atoms with E-state index in [-0.39, 0.29) is 11.4 Å². The lowest BCUT2D eigenvalue weighted by Gasteiger charge is -2.33. The minimum Gasteiger partial charge on any atom is -0.342 e. The van der Waals surface area contributed by atoms with Crippen molar-refractivity contribution in [3.05, 3.63) is 0 Å². The van der Waals surface area contributed by atoms with Gasteiger partial charge in [0.2, 0.25) is 0 Å². The molecular weight excluding hydrogens is 202 g/mol. The first-order valence-electron chi connectivity index (χ1n) is 6.30. The molecule has 2 fully saturated rings. The summed E-state index contributed by atoms with van der Waals surface area (Å²) in [7, 11) is 0. The molecule has 1 aliphatic carbocycles. The van der Waals surface area contributed by atoms with Crippen molar-refractivity contribution in [2.45, 2.75) is 51.5 Å². The van der Waals surface area contributed by atoms with Crippen molar-refractivity contribution in [1.29, 1.82) is 0 Å². The van der Waals surface area contributed by atoms with Gasteiger partial charge in [0.25, 0.3) is 5.91 Å². The van der Waals surface area contributed by atoms with Gasteiger partial charge >= 0.3 is 0 Å². The average molecular weight is 223 g/mol. The topological polar surface area (TPSA) is 53.5 Å². The summed E-state index contributed by atoms with van der Waals surface area (Å²) in [4.78, 5) is 16.3. The second-order valence-electron chi connectivity index (χ2n) is 5.07. The number of rotatable bonds is 2. The Kier molecular flexibility index (Phi) is 3.17.